The highest BCUT2D eigenvalue weighted by Crippen LogP contribution is 2.24. The van der Waals surface area contributed by atoms with Gasteiger partial charge in [-0.25, -0.2) is 4.79 Å². The van der Waals surface area contributed by atoms with Crippen molar-refractivity contribution in [2.75, 3.05) is 19.4 Å². The van der Waals surface area contributed by atoms with Gasteiger partial charge in [0.2, 0.25) is 0 Å². The van der Waals surface area contributed by atoms with E-state index in [2.05, 4.69) is 24.3 Å². The van der Waals surface area contributed by atoms with Crippen molar-refractivity contribution in [3.8, 4) is 0 Å². The van der Waals surface area contributed by atoms with Gasteiger partial charge in [0.15, 0.2) is 0 Å². The van der Waals surface area contributed by atoms with E-state index in [0.717, 1.165) is 17.2 Å². The van der Waals surface area contributed by atoms with E-state index in [9.17, 15) is 13.2 Å². The van der Waals surface area contributed by atoms with Crippen LogP contribution in [-0.2, 0) is 30.4 Å². The number of piperidine rings is 1. The second-order valence-electron chi connectivity index (χ2n) is 8.97. The number of likely N-dealkylation sites (tertiary alicyclic amines) is 1. The van der Waals surface area contributed by atoms with Gasteiger partial charge in [0.1, 0.15) is 5.60 Å². The van der Waals surface area contributed by atoms with Crippen LogP contribution in [0.1, 0.15) is 39.2 Å². The largest absolute Gasteiger partial charge is 0.444 e. The van der Waals surface area contributed by atoms with E-state index in [4.69, 9.17) is 13.7 Å². The van der Waals surface area contributed by atoms with Crippen LogP contribution in [0.5, 0.6) is 0 Å². The number of rotatable bonds is 6. The van der Waals surface area contributed by atoms with E-state index in [1.54, 1.807) is 20.8 Å². The summed E-state index contributed by atoms with van der Waals surface area (Å²) in [6.45, 7) is 6.05. The van der Waals surface area contributed by atoms with Crippen molar-refractivity contribution in [3.05, 3.63) is 48.0 Å². The molecule has 1 saturated heterocycles. The summed E-state index contributed by atoms with van der Waals surface area (Å²) in [5.74, 6) is 0. The van der Waals surface area contributed by atoms with Crippen LogP contribution < -0.4 is 0 Å². The molecule has 1 heterocycles. The minimum absolute atomic E-state index is 0.0878. The third-order valence-electron chi connectivity index (χ3n) is 5.07. The van der Waals surface area contributed by atoms with E-state index in [0.29, 0.717) is 26.0 Å². The molecule has 0 spiro atoms. The summed E-state index contributed by atoms with van der Waals surface area (Å²) in [5.41, 5.74) is 0.406. The summed E-state index contributed by atoms with van der Waals surface area (Å²) in [5, 5.41) is 2.33. The van der Waals surface area contributed by atoms with Gasteiger partial charge in [-0.2, -0.15) is 8.42 Å². The van der Waals surface area contributed by atoms with Crippen LogP contribution in [0.2, 0.25) is 0 Å². The van der Waals surface area contributed by atoms with Gasteiger partial charge in [-0.3, -0.25) is 4.18 Å². The smallest absolute Gasteiger partial charge is 0.410 e. The van der Waals surface area contributed by atoms with E-state index in [1.165, 1.54) is 10.3 Å². The third-order valence-corrected chi connectivity index (χ3v) is 5.63. The predicted molar refractivity (Wildman–Crippen MR) is 119 cm³/mol. The molecule has 2 aromatic carbocycles. The first-order chi connectivity index (χ1) is 14.5. The first-order valence-electron chi connectivity index (χ1n) is 10.4. The molecule has 7 nitrogen and oxygen atoms in total. The molecule has 3 rings (SSSR count). The van der Waals surface area contributed by atoms with Crippen LogP contribution >= 0.6 is 0 Å². The fourth-order valence-corrected chi connectivity index (χ4v) is 4.00. The standard InChI is InChI=1S/C23H31NO6S/c1-23(2,3)30-22(25)24-14-21(12-11-20(24)16-29-31(4,26)27)28-15-17-9-10-18-7-5-6-8-19(18)13-17/h5-10,13,20-21H,11-12,14-16H2,1-4H3. The normalized spacial score (nSPS) is 20.1. The molecule has 1 amide bonds. The van der Waals surface area contributed by atoms with Crippen LogP contribution in [0, 0.1) is 0 Å². The van der Waals surface area contributed by atoms with Gasteiger partial charge in [0.25, 0.3) is 10.1 Å². The maximum atomic E-state index is 12.8. The number of fused-ring (bicyclic) bond motifs is 1. The van der Waals surface area contributed by atoms with Gasteiger partial charge in [-0.15, -0.1) is 0 Å². The van der Waals surface area contributed by atoms with Crippen LogP contribution in [0.3, 0.4) is 0 Å². The summed E-state index contributed by atoms with van der Waals surface area (Å²) in [7, 11) is -3.60. The lowest BCUT2D eigenvalue weighted by Crippen LogP contribution is -2.52. The Labute approximate surface area is 184 Å². The molecule has 0 bridgehead atoms. The molecule has 0 saturated carbocycles. The molecule has 0 radical (unpaired) electrons. The van der Waals surface area contributed by atoms with Crippen LogP contribution in [0.15, 0.2) is 42.5 Å². The quantitative estimate of drug-likeness (QED) is 0.618. The Morgan fingerprint density at radius 3 is 2.48 bits per heavy atom. The molecule has 1 fully saturated rings. The van der Waals surface area contributed by atoms with Gasteiger partial charge in [-0.1, -0.05) is 36.4 Å². The van der Waals surface area contributed by atoms with Gasteiger partial charge in [-0.05, 0) is 56.0 Å². The van der Waals surface area contributed by atoms with Crippen molar-refractivity contribution in [1.82, 2.24) is 4.90 Å². The van der Waals surface area contributed by atoms with Crippen LogP contribution in [0.4, 0.5) is 4.79 Å². The Balaban J connectivity index is 1.65. The van der Waals surface area contributed by atoms with Crippen LogP contribution in [0.25, 0.3) is 10.8 Å². The maximum absolute atomic E-state index is 12.8. The number of hydrogen-bond donors (Lipinski definition) is 0. The number of hydrogen-bond acceptors (Lipinski definition) is 6. The van der Waals surface area contributed by atoms with Crippen molar-refractivity contribution >= 4 is 27.0 Å². The molecule has 0 N–H and O–H groups in total. The second-order valence-corrected chi connectivity index (χ2v) is 10.6. The fourth-order valence-electron chi connectivity index (χ4n) is 3.59. The van der Waals surface area contributed by atoms with Crippen molar-refractivity contribution in [3.63, 3.8) is 0 Å². The molecule has 2 unspecified atom stereocenters. The fraction of sp³-hybridized carbons (Fsp3) is 0.522. The summed E-state index contributed by atoms with van der Waals surface area (Å²) >= 11 is 0. The zero-order valence-electron chi connectivity index (χ0n) is 18.5. The highest BCUT2D eigenvalue weighted by atomic mass is 32.2. The lowest BCUT2D eigenvalue weighted by Gasteiger charge is -2.39. The van der Waals surface area contributed by atoms with Gasteiger partial charge < -0.3 is 14.4 Å². The summed E-state index contributed by atoms with van der Waals surface area (Å²) in [6, 6.07) is 14.0. The van der Waals surface area contributed by atoms with Crippen molar-refractivity contribution in [2.45, 2.75) is 58.0 Å². The Morgan fingerprint density at radius 2 is 1.81 bits per heavy atom. The molecule has 2 aromatic rings. The predicted octanol–water partition coefficient (Wildman–Crippen LogP) is 4.10. The van der Waals surface area contributed by atoms with Crippen molar-refractivity contribution < 1.29 is 26.9 Å². The summed E-state index contributed by atoms with van der Waals surface area (Å²) < 4.78 is 39.4. The molecule has 1 aliphatic heterocycles. The highest BCUT2D eigenvalue weighted by molar-refractivity contribution is 7.85. The number of carbonyl (C=O) groups excluding carboxylic acids is 1. The zero-order valence-corrected chi connectivity index (χ0v) is 19.4. The van der Waals surface area contributed by atoms with E-state index >= 15 is 0 Å². The highest BCUT2D eigenvalue weighted by Gasteiger charge is 2.35. The van der Waals surface area contributed by atoms with E-state index < -0.39 is 21.8 Å². The molecule has 2 atom stereocenters. The first kappa shape index (κ1) is 23.5. The van der Waals surface area contributed by atoms with E-state index in [-0.39, 0.29) is 18.8 Å². The van der Waals surface area contributed by atoms with Gasteiger partial charge >= 0.3 is 6.09 Å². The first-order valence-corrected chi connectivity index (χ1v) is 12.3. The Hall–Kier alpha value is -2.16. The Kier molecular flexibility index (Phi) is 7.24. The zero-order chi connectivity index (χ0) is 22.6. The molecule has 31 heavy (non-hydrogen) atoms. The average molecular weight is 450 g/mol. The van der Waals surface area contributed by atoms with Gasteiger partial charge in [0, 0.05) is 0 Å². The summed E-state index contributed by atoms with van der Waals surface area (Å²) in [4.78, 5) is 14.3. The number of ether oxygens (including phenoxy) is 2. The second kappa shape index (κ2) is 9.54. The maximum Gasteiger partial charge on any atom is 0.410 e. The lowest BCUT2D eigenvalue weighted by molar-refractivity contribution is -0.0474. The number of carbonyl (C=O) groups is 1. The minimum atomic E-state index is -3.60. The van der Waals surface area contributed by atoms with Crippen molar-refractivity contribution in [2.24, 2.45) is 0 Å². The number of nitrogens with zero attached hydrogens (tertiary/aromatic N) is 1. The molecular weight excluding hydrogens is 418 g/mol. The minimum Gasteiger partial charge on any atom is -0.444 e. The summed E-state index contributed by atoms with van der Waals surface area (Å²) in [6.07, 6.45) is 1.60. The lowest BCUT2D eigenvalue weighted by atomic mass is 10.0. The Morgan fingerprint density at radius 1 is 1.10 bits per heavy atom. The number of benzene rings is 2. The van der Waals surface area contributed by atoms with Gasteiger partial charge in [0.05, 0.1) is 38.2 Å². The molecule has 0 aromatic heterocycles. The van der Waals surface area contributed by atoms with E-state index in [1.807, 2.05) is 18.2 Å². The SMILES string of the molecule is CC(C)(C)OC(=O)N1CC(OCc2ccc3ccccc3c2)CCC1COS(C)(=O)=O. The number of amides is 1. The third kappa shape index (κ3) is 7.19. The average Bonchev–Trinajstić information content (AvgIpc) is 2.69. The van der Waals surface area contributed by atoms with Crippen molar-refractivity contribution in [1.29, 1.82) is 0 Å². The molecular formula is C23H31NO6S. The molecule has 170 valence electrons. The molecule has 0 aliphatic carbocycles. The monoisotopic (exact) mass is 449 g/mol. The molecule has 1 aliphatic rings. The molecule has 8 heteroatoms. The topological polar surface area (TPSA) is 82.1 Å². The van der Waals surface area contributed by atoms with Crippen LogP contribution in [-0.4, -0.2) is 56.6 Å². The Bertz CT molecular complexity index is 1010.